The minimum absolute atomic E-state index is 0.00944. The van der Waals surface area contributed by atoms with Crippen molar-refractivity contribution in [2.45, 2.75) is 39.0 Å². The van der Waals surface area contributed by atoms with Gasteiger partial charge in [-0.15, -0.1) is 0 Å². The maximum Gasteiger partial charge on any atom is 0.270 e. The summed E-state index contributed by atoms with van der Waals surface area (Å²) >= 11 is 0. The van der Waals surface area contributed by atoms with Gasteiger partial charge in [0.25, 0.3) is 5.69 Å². The first-order valence-electron chi connectivity index (χ1n) is 5.92. The Morgan fingerprint density at radius 2 is 2.06 bits per heavy atom. The number of benzene rings is 1. The number of unbranched alkanes of at least 4 members (excludes halogenated alkanes) is 3. The summed E-state index contributed by atoms with van der Waals surface area (Å²) < 4.78 is 0. The molecule has 0 radical (unpaired) electrons. The molecule has 1 rings (SSSR count). The largest absolute Gasteiger partial charge is 0.294 e. The lowest BCUT2D eigenvalue weighted by Crippen LogP contribution is -2.00. The third-order valence-electron chi connectivity index (χ3n) is 2.64. The van der Waals surface area contributed by atoms with E-state index >= 15 is 0 Å². The van der Waals surface area contributed by atoms with Crippen LogP contribution >= 0.6 is 0 Å². The average Bonchev–Trinajstić information content (AvgIpc) is 2.34. The van der Waals surface area contributed by atoms with Crippen LogP contribution in [0.4, 0.5) is 5.69 Å². The Balaban J connectivity index is 2.56. The third kappa shape index (κ3) is 4.34. The molecule has 0 amide bonds. The van der Waals surface area contributed by atoms with Crippen LogP contribution in [0.5, 0.6) is 0 Å². The maximum absolute atomic E-state index is 11.8. The van der Waals surface area contributed by atoms with Crippen LogP contribution in [0.25, 0.3) is 0 Å². The third-order valence-corrected chi connectivity index (χ3v) is 2.64. The summed E-state index contributed by atoms with van der Waals surface area (Å²) in [7, 11) is 0. The van der Waals surface area contributed by atoms with Gasteiger partial charge in [-0.25, -0.2) is 0 Å². The maximum atomic E-state index is 11.8. The smallest absolute Gasteiger partial charge is 0.270 e. The molecule has 0 spiro atoms. The van der Waals surface area contributed by atoms with E-state index in [1.54, 1.807) is 12.1 Å². The van der Waals surface area contributed by atoms with Crippen LogP contribution in [0.1, 0.15) is 49.4 Å². The molecular weight excluding hydrogens is 218 g/mol. The second-order valence-electron chi connectivity index (χ2n) is 4.04. The highest BCUT2D eigenvalue weighted by molar-refractivity contribution is 5.96. The fraction of sp³-hybridized carbons (Fsp3) is 0.462. The molecule has 1 aromatic carbocycles. The molecule has 0 aliphatic carbocycles. The zero-order valence-electron chi connectivity index (χ0n) is 10.0. The average molecular weight is 235 g/mol. The lowest BCUT2D eigenvalue weighted by atomic mass is 10.0. The van der Waals surface area contributed by atoms with Crippen molar-refractivity contribution in [3.63, 3.8) is 0 Å². The predicted molar refractivity (Wildman–Crippen MR) is 66.2 cm³/mol. The van der Waals surface area contributed by atoms with Gasteiger partial charge in [-0.1, -0.05) is 38.3 Å². The van der Waals surface area contributed by atoms with E-state index in [0.717, 1.165) is 25.7 Å². The first-order chi connectivity index (χ1) is 8.15. The Morgan fingerprint density at radius 3 is 2.71 bits per heavy atom. The number of carbonyl (C=O) groups is 1. The number of Topliss-reactive ketones (excluding diaryl/α,β-unsaturated/α-hetero) is 1. The van der Waals surface area contributed by atoms with Gasteiger partial charge in [-0.3, -0.25) is 14.9 Å². The van der Waals surface area contributed by atoms with Crippen LogP contribution < -0.4 is 0 Å². The van der Waals surface area contributed by atoms with Crippen LogP contribution in [-0.2, 0) is 0 Å². The number of nitro benzene ring substituents is 1. The number of nitro groups is 1. The van der Waals surface area contributed by atoms with Crippen LogP contribution in [0, 0.1) is 10.1 Å². The lowest BCUT2D eigenvalue weighted by molar-refractivity contribution is -0.384. The Hall–Kier alpha value is -1.71. The van der Waals surface area contributed by atoms with Gasteiger partial charge < -0.3 is 0 Å². The summed E-state index contributed by atoms with van der Waals surface area (Å²) in [6, 6.07) is 5.93. The van der Waals surface area contributed by atoms with Crippen LogP contribution in [-0.4, -0.2) is 10.7 Å². The van der Waals surface area contributed by atoms with E-state index in [1.807, 2.05) is 0 Å². The Kier molecular flexibility index (Phi) is 5.33. The molecule has 92 valence electrons. The summed E-state index contributed by atoms with van der Waals surface area (Å²) in [6.07, 6.45) is 4.63. The highest BCUT2D eigenvalue weighted by atomic mass is 16.6. The molecule has 0 aliphatic rings. The van der Waals surface area contributed by atoms with E-state index in [4.69, 9.17) is 0 Å². The normalized spacial score (nSPS) is 10.2. The van der Waals surface area contributed by atoms with Gasteiger partial charge in [-0.2, -0.15) is 0 Å². The topological polar surface area (TPSA) is 60.2 Å². The standard InChI is InChI=1S/C13H17NO3/c1-2-3-4-5-9-13(15)11-7-6-8-12(10-11)14(16)17/h6-8,10H,2-5,9H2,1H3. The van der Waals surface area contributed by atoms with Gasteiger partial charge in [-0.05, 0) is 6.42 Å². The molecule has 0 fully saturated rings. The van der Waals surface area contributed by atoms with Crippen molar-refractivity contribution < 1.29 is 9.72 Å². The van der Waals surface area contributed by atoms with Crippen LogP contribution in [0.15, 0.2) is 24.3 Å². The number of hydrogen-bond acceptors (Lipinski definition) is 3. The van der Waals surface area contributed by atoms with Crippen molar-refractivity contribution in [1.29, 1.82) is 0 Å². The van der Waals surface area contributed by atoms with Gasteiger partial charge in [0.15, 0.2) is 5.78 Å². The van der Waals surface area contributed by atoms with E-state index in [-0.39, 0.29) is 11.5 Å². The van der Waals surface area contributed by atoms with Crippen molar-refractivity contribution in [2.75, 3.05) is 0 Å². The summed E-state index contributed by atoms with van der Waals surface area (Å²) in [5.74, 6) is -0.00944. The van der Waals surface area contributed by atoms with Crippen molar-refractivity contribution >= 4 is 11.5 Å². The molecule has 0 unspecified atom stereocenters. The fourth-order valence-electron chi connectivity index (χ4n) is 1.65. The Morgan fingerprint density at radius 1 is 1.29 bits per heavy atom. The number of rotatable bonds is 7. The second kappa shape index (κ2) is 6.78. The molecule has 0 atom stereocenters. The summed E-state index contributed by atoms with van der Waals surface area (Å²) in [6.45, 7) is 2.11. The van der Waals surface area contributed by atoms with Gasteiger partial charge in [0.2, 0.25) is 0 Å². The Labute approximate surface area is 101 Å². The number of carbonyl (C=O) groups excluding carboxylic acids is 1. The quantitative estimate of drug-likeness (QED) is 0.313. The van der Waals surface area contributed by atoms with Crippen molar-refractivity contribution in [3.05, 3.63) is 39.9 Å². The summed E-state index contributed by atoms with van der Waals surface area (Å²) in [5, 5.41) is 10.6. The van der Waals surface area contributed by atoms with E-state index in [9.17, 15) is 14.9 Å². The molecule has 1 aromatic rings. The highest BCUT2D eigenvalue weighted by Gasteiger charge is 2.10. The monoisotopic (exact) mass is 235 g/mol. The molecule has 4 nitrogen and oxygen atoms in total. The Bertz CT molecular complexity index is 401. The molecule has 0 saturated carbocycles. The molecule has 17 heavy (non-hydrogen) atoms. The number of non-ortho nitro benzene ring substituents is 1. The fourth-order valence-corrected chi connectivity index (χ4v) is 1.65. The molecular formula is C13H17NO3. The lowest BCUT2D eigenvalue weighted by Gasteiger charge is -2.01. The molecule has 0 aliphatic heterocycles. The van der Waals surface area contributed by atoms with Crippen LogP contribution in [0.3, 0.4) is 0 Å². The van der Waals surface area contributed by atoms with Crippen molar-refractivity contribution in [3.8, 4) is 0 Å². The number of nitrogens with zero attached hydrogens (tertiary/aromatic N) is 1. The first kappa shape index (κ1) is 13.4. The van der Waals surface area contributed by atoms with Gasteiger partial charge in [0.1, 0.15) is 0 Å². The number of ketones is 1. The van der Waals surface area contributed by atoms with E-state index in [2.05, 4.69) is 6.92 Å². The van der Waals surface area contributed by atoms with Gasteiger partial charge in [0, 0.05) is 24.1 Å². The van der Waals surface area contributed by atoms with E-state index in [1.165, 1.54) is 12.1 Å². The molecule has 0 N–H and O–H groups in total. The van der Waals surface area contributed by atoms with Gasteiger partial charge >= 0.3 is 0 Å². The van der Waals surface area contributed by atoms with Crippen molar-refractivity contribution in [2.24, 2.45) is 0 Å². The van der Waals surface area contributed by atoms with Crippen LogP contribution in [0.2, 0.25) is 0 Å². The number of hydrogen-bond donors (Lipinski definition) is 0. The molecule has 0 saturated heterocycles. The molecule has 0 bridgehead atoms. The first-order valence-corrected chi connectivity index (χ1v) is 5.92. The molecule has 4 heteroatoms. The summed E-state index contributed by atoms with van der Waals surface area (Å²) in [5.41, 5.74) is 0.417. The molecule has 0 aromatic heterocycles. The highest BCUT2D eigenvalue weighted by Crippen LogP contribution is 2.15. The van der Waals surface area contributed by atoms with Gasteiger partial charge in [0.05, 0.1) is 4.92 Å². The van der Waals surface area contributed by atoms with E-state index in [0.29, 0.717) is 12.0 Å². The minimum Gasteiger partial charge on any atom is -0.294 e. The zero-order chi connectivity index (χ0) is 12.7. The SMILES string of the molecule is CCCCCCC(=O)c1cccc([N+](=O)[O-])c1. The minimum atomic E-state index is -0.478. The second-order valence-corrected chi connectivity index (χ2v) is 4.04. The predicted octanol–water partition coefficient (Wildman–Crippen LogP) is 3.75. The summed E-state index contributed by atoms with van der Waals surface area (Å²) in [4.78, 5) is 21.9. The van der Waals surface area contributed by atoms with E-state index < -0.39 is 4.92 Å². The molecule has 0 heterocycles. The van der Waals surface area contributed by atoms with Crippen molar-refractivity contribution in [1.82, 2.24) is 0 Å². The zero-order valence-corrected chi connectivity index (χ0v) is 10.0.